The summed E-state index contributed by atoms with van der Waals surface area (Å²) in [6.07, 6.45) is 10.5. The highest BCUT2D eigenvalue weighted by molar-refractivity contribution is 4.89. The summed E-state index contributed by atoms with van der Waals surface area (Å²) in [5.41, 5.74) is 0. The van der Waals surface area contributed by atoms with Crippen molar-refractivity contribution in [2.75, 3.05) is 26.2 Å². The molecule has 1 saturated heterocycles. The topological polar surface area (TPSA) is 35.5 Å². The van der Waals surface area contributed by atoms with Crippen LogP contribution in [-0.4, -0.2) is 48.3 Å². The van der Waals surface area contributed by atoms with E-state index in [-0.39, 0.29) is 6.10 Å². The largest absolute Gasteiger partial charge is 0.393 e. The highest BCUT2D eigenvalue weighted by atomic mass is 16.3. The van der Waals surface area contributed by atoms with Crippen molar-refractivity contribution in [1.29, 1.82) is 0 Å². The van der Waals surface area contributed by atoms with Gasteiger partial charge in [-0.3, -0.25) is 0 Å². The third-order valence-electron chi connectivity index (χ3n) is 6.18. The van der Waals surface area contributed by atoms with Crippen LogP contribution in [0.4, 0.5) is 0 Å². The smallest absolute Gasteiger partial charge is 0.0578 e. The van der Waals surface area contributed by atoms with E-state index in [0.29, 0.717) is 12.0 Å². The van der Waals surface area contributed by atoms with E-state index in [4.69, 9.17) is 0 Å². The molecule has 1 heterocycles. The zero-order valence-corrected chi connectivity index (χ0v) is 13.8. The number of nitrogens with zero attached hydrogens (tertiary/aromatic N) is 1. The maximum Gasteiger partial charge on any atom is 0.0578 e. The van der Waals surface area contributed by atoms with Crippen LogP contribution in [0, 0.1) is 17.8 Å². The highest BCUT2D eigenvalue weighted by Gasteiger charge is 2.33. The van der Waals surface area contributed by atoms with Crippen LogP contribution in [0.1, 0.15) is 58.3 Å². The fourth-order valence-corrected chi connectivity index (χ4v) is 4.21. The Bertz CT molecular complexity index is 314. The Morgan fingerprint density at radius 1 is 1.10 bits per heavy atom. The Hall–Kier alpha value is -0.120. The second kappa shape index (κ2) is 7.43. The van der Waals surface area contributed by atoms with Gasteiger partial charge in [-0.2, -0.15) is 0 Å². The molecule has 3 atom stereocenters. The van der Waals surface area contributed by atoms with E-state index in [1.807, 2.05) is 0 Å². The van der Waals surface area contributed by atoms with Gasteiger partial charge in [0.05, 0.1) is 6.10 Å². The summed E-state index contributed by atoms with van der Waals surface area (Å²) in [5, 5.41) is 14.1. The first-order chi connectivity index (χ1) is 10.2. The van der Waals surface area contributed by atoms with Crippen molar-refractivity contribution in [1.82, 2.24) is 10.2 Å². The lowest BCUT2D eigenvalue weighted by atomic mass is 9.82. The molecular weight excluding hydrogens is 260 g/mol. The van der Waals surface area contributed by atoms with Crippen LogP contribution < -0.4 is 5.32 Å². The van der Waals surface area contributed by atoms with Crippen molar-refractivity contribution < 1.29 is 5.11 Å². The van der Waals surface area contributed by atoms with Crippen LogP contribution in [0.2, 0.25) is 0 Å². The minimum absolute atomic E-state index is 0.109. The molecule has 3 aliphatic rings. The maximum atomic E-state index is 10.3. The number of likely N-dealkylation sites (tertiary alicyclic amines) is 1. The molecule has 3 unspecified atom stereocenters. The van der Waals surface area contributed by atoms with Gasteiger partial charge in [0, 0.05) is 25.7 Å². The minimum atomic E-state index is -0.109. The lowest BCUT2D eigenvalue weighted by Gasteiger charge is -2.43. The van der Waals surface area contributed by atoms with Crippen molar-refractivity contribution in [3.63, 3.8) is 0 Å². The van der Waals surface area contributed by atoms with Crippen molar-refractivity contribution in [3.8, 4) is 0 Å². The Morgan fingerprint density at radius 2 is 1.81 bits per heavy atom. The first-order valence-electron chi connectivity index (χ1n) is 9.38. The summed E-state index contributed by atoms with van der Waals surface area (Å²) in [6.45, 7) is 6.92. The lowest BCUT2D eigenvalue weighted by molar-refractivity contribution is 0.0236. The number of hydrogen-bond donors (Lipinski definition) is 2. The van der Waals surface area contributed by atoms with Gasteiger partial charge >= 0.3 is 0 Å². The van der Waals surface area contributed by atoms with Gasteiger partial charge in [0.25, 0.3) is 0 Å². The van der Waals surface area contributed by atoms with E-state index < -0.39 is 0 Å². The van der Waals surface area contributed by atoms with Crippen molar-refractivity contribution in [2.45, 2.75) is 70.4 Å². The fourth-order valence-electron chi connectivity index (χ4n) is 4.21. The molecule has 3 rings (SSSR count). The average molecular weight is 294 g/mol. The molecule has 0 amide bonds. The molecule has 122 valence electrons. The van der Waals surface area contributed by atoms with Crippen molar-refractivity contribution >= 4 is 0 Å². The molecule has 0 aromatic rings. The van der Waals surface area contributed by atoms with E-state index >= 15 is 0 Å². The summed E-state index contributed by atoms with van der Waals surface area (Å²) in [5.74, 6) is 2.35. The molecule has 3 heteroatoms. The number of piperidine rings is 1. The van der Waals surface area contributed by atoms with Gasteiger partial charge in [-0.1, -0.05) is 19.8 Å². The molecule has 21 heavy (non-hydrogen) atoms. The van der Waals surface area contributed by atoms with Crippen LogP contribution >= 0.6 is 0 Å². The predicted octanol–water partition coefficient (Wildman–Crippen LogP) is 2.64. The predicted molar refractivity (Wildman–Crippen MR) is 87.3 cm³/mol. The Labute approximate surface area is 130 Å². The zero-order chi connectivity index (χ0) is 14.7. The Balaban J connectivity index is 1.50. The molecule has 0 bridgehead atoms. The van der Waals surface area contributed by atoms with Crippen molar-refractivity contribution in [2.24, 2.45) is 17.8 Å². The van der Waals surface area contributed by atoms with E-state index in [1.165, 1.54) is 64.6 Å². The fraction of sp³-hybridized carbons (Fsp3) is 1.00. The second-order valence-electron chi connectivity index (χ2n) is 7.89. The molecule has 0 radical (unpaired) electrons. The maximum absolute atomic E-state index is 10.3. The van der Waals surface area contributed by atoms with E-state index in [9.17, 15) is 5.11 Å². The van der Waals surface area contributed by atoms with Crippen molar-refractivity contribution in [3.05, 3.63) is 0 Å². The van der Waals surface area contributed by atoms with Crippen LogP contribution in [0.25, 0.3) is 0 Å². The Kier molecular flexibility index (Phi) is 5.58. The van der Waals surface area contributed by atoms with Gasteiger partial charge in [0.2, 0.25) is 0 Å². The van der Waals surface area contributed by atoms with Crippen LogP contribution in [0.5, 0.6) is 0 Å². The zero-order valence-electron chi connectivity index (χ0n) is 13.8. The normalized spacial score (nSPS) is 33.4. The molecular formula is C18H34N2O. The summed E-state index contributed by atoms with van der Waals surface area (Å²) in [4.78, 5) is 2.65. The lowest BCUT2D eigenvalue weighted by Crippen LogP contribution is -2.53. The SMILES string of the molecule is CCC(O)C1CC(NCC2CCC2)CN(CC2CCC2)C1. The van der Waals surface area contributed by atoms with Gasteiger partial charge in [0.1, 0.15) is 0 Å². The molecule has 2 saturated carbocycles. The van der Waals surface area contributed by atoms with Crippen LogP contribution in [-0.2, 0) is 0 Å². The molecule has 3 nitrogen and oxygen atoms in total. The van der Waals surface area contributed by atoms with Crippen LogP contribution in [0.15, 0.2) is 0 Å². The van der Waals surface area contributed by atoms with Gasteiger partial charge in [-0.05, 0) is 62.8 Å². The van der Waals surface area contributed by atoms with Gasteiger partial charge in [0.15, 0.2) is 0 Å². The van der Waals surface area contributed by atoms with Gasteiger partial charge in [-0.15, -0.1) is 0 Å². The summed E-state index contributed by atoms with van der Waals surface area (Å²) in [6, 6.07) is 0.602. The standard InChI is InChI=1S/C18H34N2O/c1-2-18(21)16-9-17(19-10-14-5-3-6-14)13-20(12-16)11-15-7-4-8-15/h14-19,21H,2-13H2,1H3. The summed E-state index contributed by atoms with van der Waals surface area (Å²) in [7, 11) is 0. The first-order valence-corrected chi connectivity index (χ1v) is 9.38. The quantitative estimate of drug-likeness (QED) is 0.758. The third kappa shape index (κ3) is 4.20. The average Bonchev–Trinajstić information content (AvgIpc) is 2.40. The summed E-state index contributed by atoms with van der Waals surface area (Å²) < 4.78 is 0. The molecule has 1 aliphatic heterocycles. The molecule has 0 spiro atoms. The molecule has 0 aromatic carbocycles. The Morgan fingerprint density at radius 3 is 2.38 bits per heavy atom. The minimum Gasteiger partial charge on any atom is -0.393 e. The monoisotopic (exact) mass is 294 g/mol. The van der Waals surface area contributed by atoms with E-state index in [0.717, 1.165) is 24.8 Å². The van der Waals surface area contributed by atoms with Crippen LogP contribution in [0.3, 0.4) is 0 Å². The molecule has 2 N–H and O–H groups in total. The highest BCUT2D eigenvalue weighted by Crippen LogP contribution is 2.30. The number of nitrogens with one attached hydrogen (secondary N) is 1. The van der Waals surface area contributed by atoms with Gasteiger partial charge in [-0.25, -0.2) is 0 Å². The summed E-state index contributed by atoms with van der Waals surface area (Å²) >= 11 is 0. The van der Waals surface area contributed by atoms with E-state index in [1.54, 1.807) is 0 Å². The number of rotatable bonds is 7. The van der Waals surface area contributed by atoms with Gasteiger partial charge < -0.3 is 15.3 Å². The molecule has 0 aromatic heterocycles. The molecule has 2 aliphatic carbocycles. The molecule has 3 fully saturated rings. The number of aliphatic hydroxyl groups is 1. The second-order valence-corrected chi connectivity index (χ2v) is 7.89. The first kappa shape index (κ1) is 15.8. The third-order valence-corrected chi connectivity index (χ3v) is 6.18. The number of aliphatic hydroxyl groups excluding tert-OH is 1. The van der Waals surface area contributed by atoms with E-state index in [2.05, 4.69) is 17.1 Å². The number of hydrogen-bond acceptors (Lipinski definition) is 3.